The summed E-state index contributed by atoms with van der Waals surface area (Å²) in [5.41, 5.74) is 4.95. The van der Waals surface area contributed by atoms with Crippen LogP contribution < -0.4 is 5.73 Å². The van der Waals surface area contributed by atoms with Gasteiger partial charge in [-0.05, 0) is 40.0 Å². The van der Waals surface area contributed by atoms with Gasteiger partial charge in [0, 0.05) is 43.1 Å². The molecule has 0 radical (unpaired) electrons. The molecule has 2 aliphatic heterocycles. The van der Waals surface area contributed by atoms with Gasteiger partial charge in [-0.2, -0.15) is 0 Å². The van der Waals surface area contributed by atoms with Crippen LogP contribution in [0.2, 0.25) is 0 Å². The van der Waals surface area contributed by atoms with E-state index in [1.165, 1.54) is 18.1 Å². The van der Waals surface area contributed by atoms with Crippen LogP contribution in [-0.2, 0) is 39.9 Å². The van der Waals surface area contributed by atoms with E-state index in [4.69, 9.17) is 19.9 Å². The summed E-state index contributed by atoms with van der Waals surface area (Å²) in [6.07, 6.45) is 3.22. The molecule has 2 fully saturated rings. The van der Waals surface area contributed by atoms with Crippen LogP contribution in [0.5, 0.6) is 0 Å². The van der Waals surface area contributed by atoms with E-state index < -0.39 is 64.1 Å². The van der Waals surface area contributed by atoms with Gasteiger partial charge in [-0.3, -0.25) is 19.2 Å². The third-order valence-corrected chi connectivity index (χ3v) is 10.8. The number of fused-ring (bicyclic) bond motifs is 2. The number of hydrogen-bond donors (Lipinski definition) is 1. The molecular weight excluding hydrogens is 586 g/mol. The molecular formula is C31H45N5O7S. The zero-order chi connectivity index (χ0) is 32.6. The predicted octanol–water partition coefficient (Wildman–Crippen LogP) is 3.65. The molecule has 4 rings (SSSR count). The minimum Gasteiger partial charge on any atom is -0.458 e. The van der Waals surface area contributed by atoms with Crippen molar-refractivity contribution < 1.29 is 33.4 Å². The molecule has 0 aromatic carbocycles. The number of hydrogen-bond acceptors (Lipinski definition) is 12. The van der Waals surface area contributed by atoms with E-state index in [2.05, 4.69) is 15.0 Å². The summed E-state index contributed by atoms with van der Waals surface area (Å²) in [5.74, 6) is -3.78. The molecule has 0 bridgehead atoms. The fraction of sp³-hybridized carbons (Fsp3) is 0.710. The van der Waals surface area contributed by atoms with Crippen molar-refractivity contribution in [2.24, 2.45) is 29.6 Å². The quantitative estimate of drug-likeness (QED) is 0.364. The number of thioether (sulfide) groups is 1. The van der Waals surface area contributed by atoms with Gasteiger partial charge in [0.25, 0.3) is 0 Å². The Bertz CT molecular complexity index is 1420. The van der Waals surface area contributed by atoms with Crippen molar-refractivity contribution in [3.8, 4) is 0 Å². The second-order valence-electron chi connectivity index (χ2n) is 12.8. The molecule has 2 aliphatic rings. The number of carbonyl (C=O) groups is 4. The van der Waals surface area contributed by atoms with Crippen molar-refractivity contribution in [1.82, 2.24) is 19.5 Å². The summed E-state index contributed by atoms with van der Waals surface area (Å²) in [6, 6.07) is 0. The average molecular weight is 632 g/mol. The van der Waals surface area contributed by atoms with Gasteiger partial charge in [-0.15, -0.1) is 11.8 Å². The van der Waals surface area contributed by atoms with Crippen molar-refractivity contribution in [1.29, 1.82) is 0 Å². The highest BCUT2D eigenvalue weighted by Crippen LogP contribution is 2.48. The number of cyclic esters (lactones) is 1. The second kappa shape index (κ2) is 13.1. The molecule has 0 saturated carbocycles. The first-order valence-corrected chi connectivity index (χ1v) is 16.3. The van der Waals surface area contributed by atoms with Gasteiger partial charge in [-0.1, -0.05) is 27.7 Å². The number of nitrogen functional groups attached to an aromatic ring is 1. The Kier molecular flexibility index (Phi) is 10.1. The van der Waals surface area contributed by atoms with Crippen LogP contribution in [0.4, 0.5) is 5.82 Å². The molecule has 13 heteroatoms. The largest absolute Gasteiger partial charge is 0.458 e. The van der Waals surface area contributed by atoms with E-state index in [9.17, 15) is 19.2 Å². The molecule has 9 atom stereocenters. The fourth-order valence-electron chi connectivity index (χ4n) is 7.10. The van der Waals surface area contributed by atoms with E-state index in [0.717, 1.165) is 0 Å². The number of aromatic nitrogens is 4. The summed E-state index contributed by atoms with van der Waals surface area (Å²) in [4.78, 5) is 67.0. The van der Waals surface area contributed by atoms with Crippen molar-refractivity contribution in [2.75, 3.05) is 18.6 Å². The molecule has 4 heterocycles. The minimum absolute atomic E-state index is 0.0354. The zero-order valence-corrected chi connectivity index (χ0v) is 27.7. The molecule has 0 aliphatic carbocycles. The molecule has 2 N–H and O–H groups in total. The number of anilines is 1. The van der Waals surface area contributed by atoms with Crippen LogP contribution in [0.3, 0.4) is 0 Å². The molecule has 44 heavy (non-hydrogen) atoms. The van der Waals surface area contributed by atoms with E-state index in [1.807, 2.05) is 32.3 Å². The zero-order valence-electron chi connectivity index (χ0n) is 26.9. The summed E-state index contributed by atoms with van der Waals surface area (Å²) >= 11 is 1.39. The topological polar surface area (TPSA) is 166 Å². The maximum atomic E-state index is 14.1. The number of Topliss-reactive ketones (excluding diaryl/α,β-unsaturated/α-hetero) is 2. The third-order valence-electron chi connectivity index (χ3n) is 9.58. The molecule has 9 unspecified atom stereocenters. The normalized spacial score (nSPS) is 35.7. The van der Waals surface area contributed by atoms with Crippen LogP contribution in [-0.4, -0.2) is 78.4 Å². The number of nitrogens with zero attached hydrogens (tertiary/aromatic N) is 4. The second-order valence-corrected chi connectivity index (χ2v) is 14.1. The highest BCUT2D eigenvalue weighted by molar-refractivity contribution is 8.00. The maximum absolute atomic E-state index is 14.1. The fourth-order valence-corrected chi connectivity index (χ4v) is 8.56. The Labute approximate surface area is 262 Å². The number of aryl methyl sites for hydroxylation is 1. The van der Waals surface area contributed by atoms with Crippen LogP contribution in [0.1, 0.15) is 67.7 Å². The van der Waals surface area contributed by atoms with E-state index >= 15 is 0 Å². The first-order chi connectivity index (χ1) is 20.7. The lowest BCUT2D eigenvalue weighted by Gasteiger charge is -2.41. The average Bonchev–Trinajstić information content (AvgIpc) is 3.52. The van der Waals surface area contributed by atoms with Crippen LogP contribution in [0.15, 0.2) is 12.7 Å². The number of esters is 2. The molecule has 12 nitrogen and oxygen atoms in total. The first-order valence-electron chi connectivity index (χ1n) is 15.3. The Hall–Kier alpha value is -3.06. The van der Waals surface area contributed by atoms with Crippen LogP contribution >= 0.6 is 11.8 Å². The van der Waals surface area contributed by atoms with Crippen molar-refractivity contribution >= 4 is 52.2 Å². The van der Waals surface area contributed by atoms with Gasteiger partial charge in [0.15, 0.2) is 17.1 Å². The van der Waals surface area contributed by atoms with Crippen molar-refractivity contribution in [3.05, 3.63) is 12.7 Å². The van der Waals surface area contributed by atoms with Gasteiger partial charge < -0.3 is 24.5 Å². The Morgan fingerprint density at radius 3 is 2.32 bits per heavy atom. The molecule has 242 valence electrons. The van der Waals surface area contributed by atoms with Crippen molar-refractivity contribution in [3.63, 3.8) is 0 Å². The molecule has 0 amide bonds. The number of imidazole rings is 1. The maximum Gasteiger partial charge on any atom is 0.320 e. The number of rotatable bonds is 6. The summed E-state index contributed by atoms with van der Waals surface area (Å²) < 4.78 is 19.8. The highest BCUT2D eigenvalue weighted by Gasteiger charge is 2.61. The highest BCUT2D eigenvalue weighted by atomic mass is 32.2. The summed E-state index contributed by atoms with van der Waals surface area (Å²) in [7, 11) is 1.57. The number of nitrogens with two attached hydrogens (primary N) is 1. The standard InChI is InChI=1S/C31H45N5O7S/c1-9-20-31(7)21(25(29(40)43-31)44-11-10-36-15-35-22-26(32)33-14-34-27(22)36)18(4)23(37)16(2)12-30(6,41-8)13-17(3)24(38)19(5)28(39)42-20/h14-21,25H,9-13H2,1-8H3,(H2,32,33,34). The van der Waals surface area contributed by atoms with Crippen LogP contribution in [0, 0.1) is 29.6 Å². The Morgan fingerprint density at radius 1 is 1.02 bits per heavy atom. The van der Waals surface area contributed by atoms with E-state index in [-0.39, 0.29) is 17.4 Å². The van der Waals surface area contributed by atoms with Gasteiger partial charge in [0.05, 0.1) is 11.9 Å². The smallest absolute Gasteiger partial charge is 0.320 e. The van der Waals surface area contributed by atoms with Crippen molar-refractivity contribution in [2.45, 2.75) is 96.8 Å². The number of ether oxygens (including phenoxy) is 3. The monoisotopic (exact) mass is 631 g/mol. The lowest BCUT2D eigenvalue weighted by atomic mass is 9.70. The SMILES string of the molecule is CCC1OC(=O)C(C)C(=O)C(C)CC(C)(OC)CC(C)C(=O)C(C)C2C(SCCn3cnc4c(N)ncnc43)C(=O)OC12C. The third kappa shape index (κ3) is 6.35. The summed E-state index contributed by atoms with van der Waals surface area (Å²) in [5, 5.41) is -0.700. The molecule has 2 aromatic rings. The van der Waals surface area contributed by atoms with Gasteiger partial charge >= 0.3 is 11.9 Å². The lowest BCUT2D eigenvalue weighted by molar-refractivity contribution is -0.183. The number of methoxy groups -OCH3 is 1. The number of carbonyl (C=O) groups excluding carboxylic acids is 4. The minimum atomic E-state index is -1.29. The summed E-state index contributed by atoms with van der Waals surface area (Å²) in [6.45, 7) is 13.0. The van der Waals surface area contributed by atoms with Gasteiger partial charge in [0.1, 0.15) is 40.7 Å². The van der Waals surface area contributed by atoms with E-state index in [0.29, 0.717) is 42.7 Å². The lowest BCUT2D eigenvalue weighted by Crippen LogP contribution is -2.53. The predicted molar refractivity (Wildman–Crippen MR) is 165 cm³/mol. The molecule has 2 aromatic heterocycles. The van der Waals surface area contributed by atoms with Crippen LogP contribution in [0.25, 0.3) is 11.2 Å². The van der Waals surface area contributed by atoms with Gasteiger partial charge in [0.2, 0.25) is 0 Å². The Morgan fingerprint density at radius 2 is 1.68 bits per heavy atom. The van der Waals surface area contributed by atoms with E-state index in [1.54, 1.807) is 34.2 Å². The number of ketones is 2. The molecule has 2 saturated heterocycles. The Balaban J connectivity index is 1.68. The first kappa shape index (κ1) is 33.8. The van der Waals surface area contributed by atoms with Gasteiger partial charge in [-0.25, -0.2) is 15.0 Å². The molecule has 0 spiro atoms.